The monoisotopic (exact) mass is 434 g/mol. The molecule has 0 radical (unpaired) electrons. The van der Waals surface area contributed by atoms with Crippen LogP contribution in [0, 0.1) is 0 Å². The third-order valence-corrected chi connectivity index (χ3v) is 5.95. The number of rotatable bonds is 4. The Morgan fingerprint density at radius 1 is 1.19 bits per heavy atom. The van der Waals surface area contributed by atoms with E-state index >= 15 is 0 Å². The topological polar surface area (TPSA) is 81.2 Å². The second kappa shape index (κ2) is 7.67. The van der Waals surface area contributed by atoms with E-state index in [9.17, 15) is 9.59 Å². The summed E-state index contributed by atoms with van der Waals surface area (Å²) in [6, 6.07) is 14.1. The highest BCUT2D eigenvalue weighted by molar-refractivity contribution is 6.30. The number of amides is 1. The lowest BCUT2D eigenvalue weighted by Crippen LogP contribution is -2.39. The van der Waals surface area contributed by atoms with Crippen LogP contribution in [0.1, 0.15) is 24.9 Å². The Kier molecular flexibility index (Phi) is 4.82. The first-order valence-corrected chi connectivity index (χ1v) is 10.5. The van der Waals surface area contributed by atoms with Crippen LogP contribution in [0.3, 0.4) is 0 Å². The molecule has 0 aliphatic carbocycles. The number of anilines is 1. The van der Waals surface area contributed by atoms with E-state index in [0.717, 1.165) is 17.7 Å². The minimum absolute atomic E-state index is 0.125. The van der Waals surface area contributed by atoms with Crippen molar-refractivity contribution in [1.82, 2.24) is 14.7 Å². The highest BCUT2D eigenvalue weighted by atomic mass is 35.5. The number of halogens is 1. The van der Waals surface area contributed by atoms with Crippen LogP contribution < -0.4 is 10.5 Å². The second-order valence-corrected chi connectivity index (χ2v) is 7.90. The molecule has 0 fully saturated rings. The number of hydrogen-bond donors (Lipinski definition) is 0. The van der Waals surface area contributed by atoms with Crippen molar-refractivity contribution >= 4 is 34.3 Å². The fourth-order valence-electron chi connectivity index (χ4n) is 4.12. The average molecular weight is 435 g/mol. The van der Waals surface area contributed by atoms with E-state index in [1.807, 2.05) is 31.2 Å². The van der Waals surface area contributed by atoms with E-state index in [1.165, 1.54) is 10.9 Å². The van der Waals surface area contributed by atoms with Gasteiger partial charge in [-0.25, -0.2) is 4.98 Å². The second-order valence-electron chi connectivity index (χ2n) is 7.47. The maximum atomic E-state index is 13.4. The number of para-hydroxylation sites is 1. The molecular formula is C23H19ClN4O3. The fraction of sp³-hybridized carbons (Fsp3) is 0.217. The van der Waals surface area contributed by atoms with Gasteiger partial charge in [-0.15, -0.1) is 0 Å². The van der Waals surface area contributed by atoms with Gasteiger partial charge in [0.25, 0.3) is 11.3 Å². The number of hydrogen-bond acceptors (Lipinski definition) is 5. The maximum Gasteiger partial charge on any atom is 0.267 e. The quantitative estimate of drug-likeness (QED) is 0.479. The molecule has 1 amide bonds. The summed E-state index contributed by atoms with van der Waals surface area (Å²) in [6.07, 6.45) is 2.62. The van der Waals surface area contributed by atoms with Crippen LogP contribution in [-0.4, -0.2) is 27.2 Å². The normalized spacial score (nSPS) is 14.1. The lowest BCUT2D eigenvalue weighted by molar-refractivity contribution is -0.121. The predicted octanol–water partition coefficient (Wildman–Crippen LogP) is 4.25. The van der Waals surface area contributed by atoms with Gasteiger partial charge < -0.3 is 9.42 Å². The van der Waals surface area contributed by atoms with E-state index < -0.39 is 6.04 Å². The summed E-state index contributed by atoms with van der Waals surface area (Å²) in [4.78, 5) is 32.9. The van der Waals surface area contributed by atoms with Crippen molar-refractivity contribution in [1.29, 1.82) is 0 Å². The molecule has 0 unspecified atom stereocenters. The molecule has 2 aromatic carbocycles. The van der Waals surface area contributed by atoms with Crippen molar-refractivity contribution in [2.24, 2.45) is 0 Å². The maximum absolute atomic E-state index is 13.4. The molecule has 0 saturated heterocycles. The van der Waals surface area contributed by atoms with E-state index in [2.05, 4.69) is 10.1 Å². The van der Waals surface area contributed by atoms with E-state index in [4.69, 9.17) is 16.1 Å². The highest BCUT2D eigenvalue weighted by Crippen LogP contribution is 2.31. The van der Waals surface area contributed by atoms with Gasteiger partial charge in [-0.1, -0.05) is 54.0 Å². The Labute approximate surface area is 182 Å². The van der Waals surface area contributed by atoms with Crippen LogP contribution in [-0.2, 0) is 11.2 Å². The summed E-state index contributed by atoms with van der Waals surface area (Å²) in [5.74, 6) is -0.125. The summed E-state index contributed by atoms with van der Waals surface area (Å²) in [5, 5.41) is 4.87. The number of fused-ring (bicyclic) bond motifs is 2. The van der Waals surface area contributed by atoms with Crippen LogP contribution >= 0.6 is 11.6 Å². The number of carbonyl (C=O) groups is 1. The fourth-order valence-corrected chi connectivity index (χ4v) is 4.25. The molecule has 5 rings (SSSR count). The first-order valence-electron chi connectivity index (χ1n) is 10.1. The molecule has 1 aliphatic rings. The van der Waals surface area contributed by atoms with Crippen LogP contribution in [0.2, 0.25) is 5.02 Å². The molecule has 156 valence electrons. The van der Waals surface area contributed by atoms with Gasteiger partial charge in [0.15, 0.2) is 0 Å². The standard InChI is InChI=1S/C23H19ClN4O3/c1-2-17(22(29)27-12-11-14-5-3-4-6-18(14)27)28-13-25-21-19(23(28)30)20(26-31-21)15-7-9-16(24)10-8-15/h3-10,13,17H,2,11-12H2,1H3/t17-/m0/s1. The molecule has 0 spiro atoms. The first-order chi connectivity index (χ1) is 15.1. The van der Waals surface area contributed by atoms with Crippen molar-refractivity contribution in [3.8, 4) is 11.3 Å². The smallest absolute Gasteiger partial charge is 0.267 e. The molecule has 31 heavy (non-hydrogen) atoms. The van der Waals surface area contributed by atoms with Crippen LogP contribution in [0.25, 0.3) is 22.4 Å². The Hall–Kier alpha value is -3.45. The van der Waals surface area contributed by atoms with Crippen molar-refractivity contribution in [2.75, 3.05) is 11.4 Å². The van der Waals surface area contributed by atoms with Gasteiger partial charge >= 0.3 is 0 Å². The SMILES string of the molecule is CC[C@@H](C(=O)N1CCc2ccccc21)n1cnc2onc(-c3ccc(Cl)cc3)c2c1=O. The van der Waals surface area contributed by atoms with Crippen LogP contribution in [0.4, 0.5) is 5.69 Å². The Bertz CT molecular complexity index is 1340. The number of nitrogens with zero attached hydrogens (tertiary/aromatic N) is 4. The summed E-state index contributed by atoms with van der Waals surface area (Å²) in [6.45, 7) is 2.48. The van der Waals surface area contributed by atoms with Gasteiger partial charge in [-0.2, -0.15) is 0 Å². The Morgan fingerprint density at radius 2 is 1.97 bits per heavy atom. The largest absolute Gasteiger partial charge is 0.335 e. The van der Waals surface area contributed by atoms with Gasteiger partial charge in [0.05, 0.1) is 0 Å². The number of aromatic nitrogens is 3. The Balaban J connectivity index is 1.58. The molecule has 1 atom stereocenters. The molecule has 4 aromatic rings. The van der Waals surface area contributed by atoms with Crippen molar-refractivity contribution in [3.05, 3.63) is 75.8 Å². The first kappa shape index (κ1) is 19.5. The molecule has 2 aromatic heterocycles. The lowest BCUT2D eigenvalue weighted by Gasteiger charge is -2.24. The van der Waals surface area contributed by atoms with Gasteiger partial charge in [0, 0.05) is 22.8 Å². The van der Waals surface area contributed by atoms with Crippen LogP contribution in [0.5, 0.6) is 0 Å². The Morgan fingerprint density at radius 3 is 2.74 bits per heavy atom. The van der Waals surface area contributed by atoms with Gasteiger partial charge in [-0.3, -0.25) is 14.2 Å². The average Bonchev–Trinajstić information content (AvgIpc) is 3.41. The molecule has 7 nitrogen and oxygen atoms in total. The van der Waals surface area contributed by atoms with Gasteiger partial charge in [0.2, 0.25) is 5.91 Å². The third kappa shape index (κ3) is 3.21. The zero-order valence-corrected chi connectivity index (χ0v) is 17.5. The lowest BCUT2D eigenvalue weighted by atomic mass is 10.1. The van der Waals surface area contributed by atoms with E-state index in [1.54, 1.807) is 29.2 Å². The molecule has 0 bridgehead atoms. The highest BCUT2D eigenvalue weighted by Gasteiger charge is 2.31. The molecule has 0 N–H and O–H groups in total. The van der Waals surface area contributed by atoms with Gasteiger partial charge in [-0.05, 0) is 36.6 Å². The van der Waals surface area contributed by atoms with Crippen molar-refractivity contribution in [2.45, 2.75) is 25.8 Å². The van der Waals surface area contributed by atoms with Crippen LogP contribution in [0.15, 0.2) is 64.2 Å². The molecule has 1 aliphatic heterocycles. The predicted molar refractivity (Wildman–Crippen MR) is 118 cm³/mol. The summed E-state index contributed by atoms with van der Waals surface area (Å²) in [7, 11) is 0. The van der Waals surface area contributed by atoms with Gasteiger partial charge in [0.1, 0.15) is 23.4 Å². The zero-order valence-electron chi connectivity index (χ0n) is 16.8. The van der Waals surface area contributed by atoms with E-state index in [-0.39, 0.29) is 22.6 Å². The number of carbonyl (C=O) groups excluding carboxylic acids is 1. The van der Waals surface area contributed by atoms with Crippen molar-refractivity contribution in [3.63, 3.8) is 0 Å². The minimum Gasteiger partial charge on any atom is -0.335 e. The summed E-state index contributed by atoms with van der Waals surface area (Å²) < 4.78 is 6.68. The summed E-state index contributed by atoms with van der Waals surface area (Å²) in [5.41, 5.74) is 2.89. The third-order valence-electron chi connectivity index (χ3n) is 5.70. The summed E-state index contributed by atoms with van der Waals surface area (Å²) >= 11 is 5.98. The molecule has 0 saturated carbocycles. The molecule has 3 heterocycles. The molecule has 8 heteroatoms. The minimum atomic E-state index is -0.677. The zero-order chi connectivity index (χ0) is 21.5. The van der Waals surface area contributed by atoms with E-state index in [0.29, 0.717) is 29.2 Å². The number of benzene rings is 2. The van der Waals surface area contributed by atoms with Crippen molar-refractivity contribution < 1.29 is 9.32 Å². The molecular weight excluding hydrogens is 416 g/mol.